The SMILES string of the molecule is Cc1ccc(SCc2nnc(SCCCc3ccccc3)n2-c2ccccc2)cc1. The molecule has 3 nitrogen and oxygen atoms in total. The Morgan fingerprint density at radius 1 is 0.767 bits per heavy atom. The number of hydrogen-bond acceptors (Lipinski definition) is 4. The minimum Gasteiger partial charge on any atom is -0.273 e. The molecule has 0 aliphatic heterocycles. The van der Waals surface area contributed by atoms with Crippen molar-refractivity contribution in [3.63, 3.8) is 0 Å². The zero-order chi connectivity index (χ0) is 20.6. The molecule has 0 saturated heterocycles. The van der Waals surface area contributed by atoms with Crippen molar-refractivity contribution in [1.29, 1.82) is 0 Å². The lowest BCUT2D eigenvalue weighted by Gasteiger charge is -2.10. The van der Waals surface area contributed by atoms with E-state index in [4.69, 9.17) is 0 Å². The van der Waals surface area contributed by atoms with Crippen molar-refractivity contribution in [2.45, 2.75) is 35.6 Å². The van der Waals surface area contributed by atoms with Gasteiger partial charge in [-0.25, -0.2) is 0 Å². The Hall–Kier alpha value is -2.50. The van der Waals surface area contributed by atoms with Gasteiger partial charge in [0, 0.05) is 16.3 Å². The van der Waals surface area contributed by atoms with Crippen LogP contribution in [0.4, 0.5) is 0 Å². The first-order valence-electron chi connectivity index (χ1n) is 10.2. The Morgan fingerprint density at radius 3 is 2.20 bits per heavy atom. The molecule has 4 aromatic rings. The van der Waals surface area contributed by atoms with Crippen LogP contribution in [0.5, 0.6) is 0 Å². The summed E-state index contributed by atoms with van der Waals surface area (Å²) in [6.07, 6.45) is 2.20. The van der Waals surface area contributed by atoms with Crippen LogP contribution in [0.3, 0.4) is 0 Å². The van der Waals surface area contributed by atoms with Crippen LogP contribution in [0.15, 0.2) is 95.0 Å². The Balaban J connectivity index is 1.45. The highest BCUT2D eigenvalue weighted by molar-refractivity contribution is 7.99. The van der Waals surface area contributed by atoms with Gasteiger partial charge in [0.15, 0.2) is 5.16 Å². The van der Waals surface area contributed by atoms with Gasteiger partial charge in [0.25, 0.3) is 0 Å². The third kappa shape index (κ3) is 5.55. The van der Waals surface area contributed by atoms with Crippen LogP contribution in [0.25, 0.3) is 5.69 Å². The van der Waals surface area contributed by atoms with Crippen molar-refractivity contribution in [3.05, 3.63) is 102 Å². The second-order valence-corrected chi connectivity index (χ2v) is 9.22. The summed E-state index contributed by atoms with van der Waals surface area (Å²) in [7, 11) is 0. The second kappa shape index (κ2) is 10.5. The fourth-order valence-electron chi connectivity index (χ4n) is 3.19. The highest BCUT2D eigenvalue weighted by Crippen LogP contribution is 2.28. The van der Waals surface area contributed by atoms with Crippen molar-refractivity contribution in [3.8, 4) is 5.69 Å². The number of hydrogen-bond donors (Lipinski definition) is 0. The first-order valence-corrected chi connectivity index (χ1v) is 12.1. The standard InChI is InChI=1S/C25H25N3S2/c1-20-14-16-23(17-15-20)30-19-24-26-27-25(28(24)22-12-6-3-7-13-22)29-18-8-11-21-9-4-2-5-10-21/h2-7,9-10,12-17H,8,11,18-19H2,1H3. The molecule has 0 saturated carbocycles. The molecule has 0 aliphatic carbocycles. The van der Waals surface area contributed by atoms with Crippen molar-refractivity contribution in [2.24, 2.45) is 0 Å². The maximum absolute atomic E-state index is 4.53. The van der Waals surface area contributed by atoms with Gasteiger partial charge in [0.1, 0.15) is 5.82 Å². The molecule has 0 N–H and O–H groups in total. The van der Waals surface area contributed by atoms with Gasteiger partial charge in [-0.1, -0.05) is 78.0 Å². The van der Waals surface area contributed by atoms with Gasteiger partial charge in [-0.15, -0.1) is 22.0 Å². The van der Waals surface area contributed by atoms with Crippen LogP contribution in [0, 0.1) is 6.92 Å². The van der Waals surface area contributed by atoms with Crippen molar-refractivity contribution < 1.29 is 0 Å². The third-order valence-corrected chi connectivity index (χ3v) is 6.81. The average Bonchev–Trinajstić information content (AvgIpc) is 3.20. The third-order valence-electron chi connectivity index (χ3n) is 4.79. The summed E-state index contributed by atoms with van der Waals surface area (Å²) in [6.45, 7) is 2.11. The monoisotopic (exact) mass is 431 g/mol. The maximum atomic E-state index is 4.53. The zero-order valence-electron chi connectivity index (χ0n) is 17.1. The second-order valence-electron chi connectivity index (χ2n) is 7.11. The first-order chi connectivity index (χ1) is 14.8. The van der Waals surface area contributed by atoms with Gasteiger partial charge in [-0.05, 0) is 49.6 Å². The summed E-state index contributed by atoms with van der Waals surface area (Å²) in [5.74, 6) is 2.79. The van der Waals surface area contributed by atoms with Gasteiger partial charge in [-0.2, -0.15) is 0 Å². The van der Waals surface area contributed by atoms with E-state index in [2.05, 4.69) is 101 Å². The molecule has 4 rings (SSSR count). The molecule has 152 valence electrons. The summed E-state index contributed by atoms with van der Waals surface area (Å²) in [4.78, 5) is 1.25. The molecule has 3 aromatic carbocycles. The molecule has 1 heterocycles. The van der Waals surface area contributed by atoms with E-state index in [1.54, 1.807) is 23.5 Å². The number of nitrogens with zero attached hydrogens (tertiary/aromatic N) is 3. The fraction of sp³-hybridized carbons (Fsp3) is 0.200. The maximum Gasteiger partial charge on any atom is 0.195 e. The molecule has 0 aliphatic rings. The molecule has 0 fully saturated rings. The Morgan fingerprint density at radius 2 is 1.47 bits per heavy atom. The van der Waals surface area contributed by atoms with Gasteiger partial charge in [0.2, 0.25) is 0 Å². The fourth-order valence-corrected chi connectivity index (χ4v) is 4.91. The number of para-hydroxylation sites is 1. The van der Waals surface area contributed by atoms with E-state index in [0.29, 0.717) is 0 Å². The molecule has 0 amide bonds. The van der Waals surface area contributed by atoms with Gasteiger partial charge < -0.3 is 0 Å². The zero-order valence-corrected chi connectivity index (χ0v) is 18.7. The minimum atomic E-state index is 0.787. The van der Waals surface area contributed by atoms with Crippen LogP contribution in [0.1, 0.15) is 23.4 Å². The molecule has 30 heavy (non-hydrogen) atoms. The van der Waals surface area contributed by atoms with E-state index in [1.165, 1.54) is 16.0 Å². The Kier molecular flexibility index (Phi) is 7.27. The number of aryl methyl sites for hydroxylation is 2. The largest absolute Gasteiger partial charge is 0.273 e. The molecule has 5 heteroatoms. The normalized spacial score (nSPS) is 11.0. The molecule has 0 atom stereocenters. The Labute approximate surface area is 187 Å². The van der Waals surface area contributed by atoms with E-state index in [-0.39, 0.29) is 0 Å². The molecule has 0 unspecified atom stereocenters. The number of rotatable bonds is 9. The summed E-state index contributed by atoms with van der Waals surface area (Å²) >= 11 is 3.58. The topological polar surface area (TPSA) is 30.7 Å². The predicted octanol–water partition coefficient (Wildman–Crippen LogP) is 6.59. The number of aromatic nitrogens is 3. The first kappa shape index (κ1) is 20.8. The summed E-state index contributed by atoms with van der Waals surface area (Å²) < 4.78 is 2.20. The van der Waals surface area contributed by atoms with Crippen LogP contribution in [0.2, 0.25) is 0 Å². The summed E-state index contributed by atoms with van der Waals surface area (Å²) in [5.41, 5.74) is 3.78. The lowest BCUT2D eigenvalue weighted by Crippen LogP contribution is -2.02. The number of thioether (sulfide) groups is 2. The molecule has 0 bridgehead atoms. The molecule has 0 radical (unpaired) electrons. The lowest BCUT2D eigenvalue weighted by atomic mass is 10.1. The van der Waals surface area contributed by atoms with Gasteiger partial charge >= 0.3 is 0 Å². The average molecular weight is 432 g/mol. The van der Waals surface area contributed by atoms with E-state index in [0.717, 1.165) is 41.0 Å². The highest BCUT2D eigenvalue weighted by atomic mass is 32.2. The predicted molar refractivity (Wildman–Crippen MR) is 128 cm³/mol. The highest BCUT2D eigenvalue weighted by Gasteiger charge is 2.14. The summed E-state index contributed by atoms with van der Waals surface area (Å²) in [6, 6.07) is 29.7. The van der Waals surface area contributed by atoms with Crippen molar-refractivity contribution in [1.82, 2.24) is 14.8 Å². The van der Waals surface area contributed by atoms with Crippen molar-refractivity contribution in [2.75, 3.05) is 5.75 Å². The van der Waals surface area contributed by atoms with Gasteiger partial charge in [0.05, 0.1) is 5.75 Å². The van der Waals surface area contributed by atoms with Crippen molar-refractivity contribution >= 4 is 23.5 Å². The van der Waals surface area contributed by atoms with E-state index in [9.17, 15) is 0 Å². The smallest absolute Gasteiger partial charge is 0.195 e. The van der Waals surface area contributed by atoms with Crippen LogP contribution >= 0.6 is 23.5 Å². The molecule has 1 aromatic heterocycles. The number of benzene rings is 3. The van der Waals surface area contributed by atoms with Crippen LogP contribution in [-0.4, -0.2) is 20.5 Å². The van der Waals surface area contributed by atoms with Gasteiger partial charge in [-0.3, -0.25) is 4.57 Å². The van der Waals surface area contributed by atoms with Crippen LogP contribution < -0.4 is 0 Å². The molecular formula is C25H25N3S2. The van der Waals surface area contributed by atoms with E-state index >= 15 is 0 Å². The lowest BCUT2D eigenvalue weighted by molar-refractivity contribution is 0.858. The quantitative estimate of drug-likeness (QED) is 0.221. The minimum absolute atomic E-state index is 0.787. The molecule has 0 spiro atoms. The Bertz CT molecular complexity index is 1040. The van der Waals surface area contributed by atoms with E-state index < -0.39 is 0 Å². The summed E-state index contributed by atoms with van der Waals surface area (Å²) in [5, 5.41) is 10.0. The van der Waals surface area contributed by atoms with E-state index in [1.807, 2.05) is 6.07 Å². The molecular weight excluding hydrogens is 406 g/mol. The van der Waals surface area contributed by atoms with Crippen LogP contribution in [-0.2, 0) is 12.2 Å².